The molecule has 4 N–H and O–H groups in total. The molecule has 2 aromatic rings. The third-order valence-electron chi connectivity index (χ3n) is 6.37. The van der Waals surface area contributed by atoms with E-state index in [-0.39, 0.29) is 13.2 Å². The maximum Gasteiger partial charge on any atom is 0.157 e. The molecule has 0 spiro atoms. The Morgan fingerprint density at radius 3 is 2.41 bits per heavy atom. The van der Waals surface area contributed by atoms with Crippen LogP contribution >= 0.6 is 11.6 Å². The van der Waals surface area contributed by atoms with Crippen molar-refractivity contribution >= 4 is 11.6 Å². The van der Waals surface area contributed by atoms with Crippen LogP contribution in [0.1, 0.15) is 35.6 Å². The number of rotatable bonds is 9. The van der Waals surface area contributed by atoms with E-state index in [1.165, 1.54) is 0 Å². The highest BCUT2D eigenvalue weighted by molar-refractivity contribution is 6.31. The minimum absolute atomic E-state index is 0.168. The lowest BCUT2D eigenvalue weighted by atomic mass is 9.90. The topological polar surface area (TPSA) is 109 Å². The van der Waals surface area contributed by atoms with Gasteiger partial charge >= 0.3 is 0 Å². The summed E-state index contributed by atoms with van der Waals surface area (Å²) in [4.78, 5) is 0. The number of aliphatic hydroxyl groups is 4. The third kappa shape index (κ3) is 5.71. The van der Waals surface area contributed by atoms with E-state index in [4.69, 9.17) is 25.8 Å². The molecule has 0 saturated carbocycles. The van der Waals surface area contributed by atoms with Gasteiger partial charge in [0, 0.05) is 5.02 Å². The van der Waals surface area contributed by atoms with Gasteiger partial charge in [-0.25, -0.2) is 4.39 Å². The van der Waals surface area contributed by atoms with Gasteiger partial charge in [0.1, 0.15) is 36.3 Å². The number of alkyl halides is 1. The maximum atomic E-state index is 13.9. The van der Waals surface area contributed by atoms with E-state index in [2.05, 4.69) is 0 Å². The van der Waals surface area contributed by atoms with Crippen molar-refractivity contribution in [2.75, 3.05) is 26.4 Å². The second-order valence-corrected chi connectivity index (χ2v) is 9.42. The zero-order valence-electron chi connectivity index (χ0n) is 18.6. The van der Waals surface area contributed by atoms with Gasteiger partial charge in [0.2, 0.25) is 0 Å². The molecule has 5 atom stereocenters. The van der Waals surface area contributed by atoms with Crippen LogP contribution in [0.15, 0.2) is 42.5 Å². The molecule has 0 bridgehead atoms. The Morgan fingerprint density at radius 1 is 1.03 bits per heavy atom. The first-order chi connectivity index (χ1) is 16.3. The second-order valence-electron chi connectivity index (χ2n) is 9.02. The number of benzene rings is 2. The van der Waals surface area contributed by atoms with E-state index >= 15 is 0 Å². The van der Waals surface area contributed by atoms with Gasteiger partial charge in [-0.15, -0.1) is 0 Å². The zero-order valence-corrected chi connectivity index (χ0v) is 19.4. The van der Waals surface area contributed by atoms with Crippen molar-refractivity contribution in [2.24, 2.45) is 0 Å². The first-order valence-corrected chi connectivity index (χ1v) is 11.7. The summed E-state index contributed by atoms with van der Waals surface area (Å²) in [5.41, 5.74) is 1.16. The average Bonchev–Trinajstić information content (AvgIpc) is 2.82. The van der Waals surface area contributed by atoms with E-state index < -0.39 is 42.8 Å². The molecule has 7 nitrogen and oxygen atoms in total. The van der Waals surface area contributed by atoms with Crippen LogP contribution in [-0.4, -0.2) is 76.9 Å². The molecule has 0 aromatic heterocycles. The molecule has 2 aliphatic heterocycles. The quantitative estimate of drug-likeness (QED) is 0.395. The molecular formula is C25H30ClFO7. The van der Waals surface area contributed by atoms with Crippen LogP contribution in [0.4, 0.5) is 4.39 Å². The first kappa shape index (κ1) is 25.3. The van der Waals surface area contributed by atoms with Gasteiger partial charge in [0.25, 0.3) is 0 Å². The van der Waals surface area contributed by atoms with Crippen LogP contribution in [0, 0.1) is 0 Å². The van der Waals surface area contributed by atoms with Crippen molar-refractivity contribution in [1.82, 2.24) is 0 Å². The Kier molecular flexibility index (Phi) is 8.09. The van der Waals surface area contributed by atoms with E-state index in [0.29, 0.717) is 42.2 Å². The Bertz CT molecular complexity index is 951. The van der Waals surface area contributed by atoms with Crippen molar-refractivity contribution in [3.63, 3.8) is 0 Å². The second kappa shape index (κ2) is 10.9. The van der Waals surface area contributed by atoms with Crippen molar-refractivity contribution < 1.29 is 39.0 Å². The van der Waals surface area contributed by atoms with Crippen molar-refractivity contribution in [1.29, 1.82) is 0 Å². The Morgan fingerprint density at radius 2 is 1.76 bits per heavy atom. The molecule has 2 aliphatic rings. The summed E-state index contributed by atoms with van der Waals surface area (Å²) in [5, 5.41) is 40.5. The molecule has 0 aliphatic carbocycles. The fraction of sp³-hybridized carbons (Fsp3) is 0.520. The summed E-state index contributed by atoms with van der Waals surface area (Å²) in [6.45, 7) is 0.279. The SMILES string of the molecule is OC[C@H]1O[C@@H](c2ccc(Cl)c(Cc3ccc(OCCCC4(F)COC4)cc3)c2)[C@H](O)C(O)[C@@H]1O. The number of hydrogen-bond donors (Lipinski definition) is 4. The summed E-state index contributed by atoms with van der Waals surface area (Å²) < 4.78 is 30.2. The van der Waals surface area contributed by atoms with Crippen LogP contribution < -0.4 is 4.74 Å². The van der Waals surface area contributed by atoms with Gasteiger partial charge in [0.15, 0.2) is 5.67 Å². The van der Waals surface area contributed by atoms with Crippen molar-refractivity contribution in [3.8, 4) is 5.75 Å². The molecule has 2 heterocycles. The maximum absolute atomic E-state index is 13.9. The normalized spacial score (nSPS) is 28.4. The van der Waals surface area contributed by atoms with Crippen LogP contribution in [-0.2, 0) is 15.9 Å². The standard InChI is InChI=1S/C25H30ClFO7/c26-19-7-4-16(24-23(31)22(30)21(29)20(12-28)34-24)11-17(19)10-15-2-5-18(6-3-15)33-9-1-8-25(27)13-32-14-25/h2-7,11,20-24,28-31H,1,8-10,12-14H2/t20-,21-,22?,23-,24+/m1/s1. The number of aliphatic hydroxyl groups excluding tert-OH is 4. The van der Waals surface area contributed by atoms with E-state index in [9.17, 15) is 24.8 Å². The number of halogens is 2. The van der Waals surface area contributed by atoms with Crippen molar-refractivity contribution in [2.45, 2.75) is 55.5 Å². The van der Waals surface area contributed by atoms with Gasteiger partial charge in [-0.05, 0) is 54.2 Å². The third-order valence-corrected chi connectivity index (χ3v) is 6.74. The predicted molar refractivity (Wildman–Crippen MR) is 123 cm³/mol. The molecule has 1 unspecified atom stereocenters. The zero-order chi connectivity index (χ0) is 24.3. The van der Waals surface area contributed by atoms with Crippen LogP contribution in [0.3, 0.4) is 0 Å². The molecule has 2 aromatic carbocycles. The predicted octanol–water partition coefficient (Wildman–Crippen LogP) is 2.34. The first-order valence-electron chi connectivity index (χ1n) is 11.4. The smallest absolute Gasteiger partial charge is 0.157 e. The van der Waals surface area contributed by atoms with Gasteiger partial charge in [0.05, 0.1) is 26.4 Å². The van der Waals surface area contributed by atoms with Gasteiger partial charge in [-0.1, -0.05) is 35.9 Å². The molecule has 4 rings (SSSR count). The monoisotopic (exact) mass is 496 g/mol. The average molecular weight is 497 g/mol. The number of ether oxygens (including phenoxy) is 3. The Balaban J connectivity index is 1.37. The van der Waals surface area contributed by atoms with Crippen LogP contribution in [0.5, 0.6) is 5.75 Å². The summed E-state index contributed by atoms with van der Waals surface area (Å²) in [5.74, 6) is 0.697. The van der Waals surface area contributed by atoms with Gasteiger partial charge in [-0.2, -0.15) is 0 Å². The lowest BCUT2D eigenvalue weighted by Crippen LogP contribution is -2.55. The summed E-state index contributed by atoms with van der Waals surface area (Å²) in [6, 6.07) is 12.7. The summed E-state index contributed by atoms with van der Waals surface area (Å²) in [6.07, 6.45) is -4.56. The van der Waals surface area contributed by atoms with E-state index in [0.717, 1.165) is 11.1 Å². The highest BCUT2D eigenvalue weighted by Crippen LogP contribution is 2.34. The summed E-state index contributed by atoms with van der Waals surface area (Å²) >= 11 is 6.40. The van der Waals surface area contributed by atoms with Crippen LogP contribution in [0.25, 0.3) is 0 Å². The fourth-order valence-electron chi connectivity index (χ4n) is 4.25. The lowest BCUT2D eigenvalue weighted by molar-refractivity contribution is -0.231. The largest absolute Gasteiger partial charge is 0.494 e. The summed E-state index contributed by atoms with van der Waals surface area (Å²) in [7, 11) is 0. The molecule has 186 valence electrons. The molecule has 2 saturated heterocycles. The molecule has 0 amide bonds. The fourth-order valence-corrected chi connectivity index (χ4v) is 4.44. The highest BCUT2D eigenvalue weighted by atomic mass is 35.5. The highest BCUT2D eigenvalue weighted by Gasteiger charge is 2.44. The molecule has 2 fully saturated rings. The Hall–Kier alpha value is -1.78. The minimum atomic E-state index is -1.44. The molecule has 9 heteroatoms. The Labute approximate surface area is 202 Å². The van der Waals surface area contributed by atoms with Gasteiger partial charge in [-0.3, -0.25) is 0 Å². The van der Waals surface area contributed by atoms with E-state index in [1.807, 2.05) is 24.3 Å². The number of hydrogen-bond acceptors (Lipinski definition) is 7. The molecule has 34 heavy (non-hydrogen) atoms. The minimum Gasteiger partial charge on any atom is -0.494 e. The lowest BCUT2D eigenvalue weighted by Gasteiger charge is -2.40. The van der Waals surface area contributed by atoms with E-state index in [1.54, 1.807) is 18.2 Å². The van der Waals surface area contributed by atoms with Gasteiger partial charge < -0.3 is 34.6 Å². The van der Waals surface area contributed by atoms with Crippen molar-refractivity contribution in [3.05, 3.63) is 64.2 Å². The molecular weight excluding hydrogens is 467 g/mol. The van der Waals surface area contributed by atoms with Crippen LogP contribution in [0.2, 0.25) is 5.02 Å². The molecule has 0 radical (unpaired) electrons.